The fraction of sp³-hybridized carbons (Fsp3) is 0.0588. The minimum absolute atomic E-state index is 0.710. The van der Waals surface area contributed by atoms with Crippen LogP contribution in [0.25, 0.3) is 56.0 Å². The predicted molar refractivity (Wildman–Crippen MR) is 156 cm³/mol. The summed E-state index contributed by atoms with van der Waals surface area (Å²) in [6, 6.07) is 42.4. The molecule has 182 valence electrons. The Kier molecular flexibility index (Phi) is 5.19. The molecule has 0 radical (unpaired) electrons. The second kappa shape index (κ2) is 8.86. The molecule has 0 amide bonds. The van der Waals surface area contributed by atoms with E-state index in [4.69, 9.17) is 10.1 Å². The third kappa shape index (κ3) is 3.70. The second-order valence-electron chi connectivity index (χ2n) is 9.80. The molecule has 0 fully saturated rings. The molecule has 4 nitrogen and oxygen atoms in total. The molecule has 0 saturated carbocycles. The zero-order valence-corrected chi connectivity index (χ0v) is 21.3. The minimum atomic E-state index is 0.710. The maximum atomic E-state index is 4.94. The van der Waals surface area contributed by atoms with Crippen LogP contribution in [-0.2, 0) is 0 Å². The molecule has 0 bridgehead atoms. The second-order valence-corrected chi connectivity index (χ2v) is 9.80. The summed E-state index contributed by atoms with van der Waals surface area (Å²) in [6.07, 6.45) is 0. The lowest BCUT2D eigenvalue weighted by Gasteiger charge is -2.11. The first-order valence-electron chi connectivity index (χ1n) is 12.9. The third-order valence-corrected chi connectivity index (χ3v) is 7.10. The van der Waals surface area contributed by atoms with Crippen molar-refractivity contribution in [2.45, 2.75) is 13.8 Å². The highest BCUT2D eigenvalue weighted by atomic mass is 15.4. The quantitative estimate of drug-likeness (QED) is 0.249. The number of hydrogen-bond acceptors (Lipinski definition) is 2. The Morgan fingerprint density at radius 1 is 0.526 bits per heavy atom. The fourth-order valence-corrected chi connectivity index (χ4v) is 5.25. The van der Waals surface area contributed by atoms with Gasteiger partial charge in [-0.25, -0.2) is 9.67 Å². The highest BCUT2D eigenvalue weighted by Gasteiger charge is 2.16. The van der Waals surface area contributed by atoms with Gasteiger partial charge in [-0.1, -0.05) is 83.9 Å². The van der Waals surface area contributed by atoms with Crippen molar-refractivity contribution in [3.05, 3.63) is 132 Å². The van der Waals surface area contributed by atoms with Crippen molar-refractivity contribution in [3.8, 4) is 34.2 Å². The minimum Gasteiger partial charge on any atom is -0.309 e. The molecule has 5 aromatic carbocycles. The summed E-state index contributed by atoms with van der Waals surface area (Å²) < 4.78 is 4.29. The summed E-state index contributed by atoms with van der Waals surface area (Å²) in [5.41, 5.74) is 9.06. The first kappa shape index (κ1) is 22.3. The van der Waals surface area contributed by atoms with Crippen LogP contribution in [-0.4, -0.2) is 19.3 Å². The molecule has 7 aromatic rings. The maximum absolute atomic E-state index is 4.94. The van der Waals surface area contributed by atoms with Gasteiger partial charge in [0, 0.05) is 27.6 Å². The summed E-state index contributed by atoms with van der Waals surface area (Å²) in [6.45, 7) is 4.30. The summed E-state index contributed by atoms with van der Waals surface area (Å²) in [7, 11) is 0. The average Bonchev–Trinajstić information content (AvgIpc) is 3.54. The molecule has 0 spiro atoms. The van der Waals surface area contributed by atoms with E-state index >= 15 is 0 Å². The Morgan fingerprint density at radius 2 is 1.05 bits per heavy atom. The Bertz CT molecular complexity index is 1850. The number of rotatable bonds is 4. The van der Waals surface area contributed by atoms with E-state index in [0.29, 0.717) is 5.82 Å². The molecule has 38 heavy (non-hydrogen) atoms. The van der Waals surface area contributed by atoms with Gasteiger partial charge in [0.15, 0.2) is 11.6 Å². The lowest BCUT2D eigenvalue weighted by Crippen LogP contribution is -2.01. The van der Waals surface area contributed by atoms with Gasteiger partial charge in [0.25, 0.3) is 0 Å². The fourth-order valence-electron chi connectivity index (χ4n) is 5.25. The van der Waals surface area contributed by atoms with Crippen molar-refractivity contribution in [1.29, 1.82) is 0 Å². The van der Waals surface area contributed by atoms with Gasteiger partial charge in [-0.05, 0) is 62.4 Å². The van der Waals surface area contributed by atoms with Gasteiger partial charge in [0.1, 0.15) is 0 Å². The number of hydrogen-bond donors (Lipinski definition) is 0. The van der Waals surface area contributed by atoms with Gasteiger partial charge in [0.05, 0.1) is 16.7 Å². The zero-order chi connectivity index (χ0) is 25.6. The van der Waals surface area contributed by atoms with Crippen LogP contribution in [0.1, 0.15) is 11.1 Å². The van der Waals surface area contributed by atoms with Crippen LogP contribution in [0.3, 0.4) is 0 Å². The van der Waals surface area contributed by atoms with Gasteiger partial charge in [-0.3, -0.25) is 0 Å². The number of aromatic nitrogens is 4. The summed E-state index contributed by atoms with van der Waals surface area (Å²) >= 11 is 0. The molecular formula is C34H26N4. The van der Waals surface area contributed by atoms with Crippen LogP contribution in [0, 0.1) is 13.8 Å². The molecule has 0 aliphatic rings. The topological polar surface area (TPSA) is 35.6 Å². The summed E-state index contributed by atoms with van der Waals surface area (Å²) in [5, 5.41) is 7.50. The largest absolute Gasteiger partial charge is 0.309 e. The van der Waals surface area contributed by atoms with Gasteiger partial charge in [-0.15, -0.1) is 5.10 Å². The molecule has 0 aliphatic carbocycles. The molecule has 7 rings (SSSR count). The Hall–Kier alpha value is -4.96. The molecule has 2 heterocycles. The van der Waals surface area contributed by atoms with E-state index in [1.165, 1.54) is 32.9 Å². The highest BCUT2D eigenvalue weighted by Crippen LogP contribution is 2.34. The average molecular weight is 491 g/mol. The molecule has 0 atom stereocenters. The van der Waals surface area contributed by atoms with E-state index in [9.17, 15) is 0 Å². The first-order valence-corrected chi connectivity index (χ1v) is 12.9. The monoisotopic (exact) mass is 490 g/mol. The molecule has 0 unspecified atom stereocenters. The number of benzene rings is 5. The summed E-state index contributed by atoms with van der Waals surface area (Å²) in [4.78, 5) is 4.94. The van der Waals surface area contributed by atoms with Crippen LogP contribution in [0.5, 0.6) is 0 Å². The zero-order valence-electron chi connectivity index (χ0n) is 21.3. The Labute approximate surface area is 221 Å². The number of nitrogens with zero attached hydrogens (tertiary/aromatic N) is 4. The Morgan fingerprint density at radius 3 is 1.63 bits per heavy atom. The standard InChI is InChI=1S/C34H26N4/c1-23-13-19-31-29(21-23)30-22-24(2)14-20-32(30)37(31)27-15-17-28(18-16-27)38-34(26-11-7-4-8-12-26)35-33(36-38)25-9-5-3-6-10-25/h3-22H,1-2H3. The smallest absolute Gasteiger partial charge is 0.182 e. The molecule has 0 saturated heterocycles. The molecular weight excluding hydrogens is 464 g/mol. The van der Waals surface area contributed by atoms with Crippen molar-refractivity contribution >= 4 is 21.8 Å². The summed E-state index contributed by atoms with van der Waals surface area (Å²) in [5.74, 6) is 1.53. The van der Waals surface area contributed by atoms with Crippen molar-refractivity contribution in [2.24, 2.45) is 0 Å². The van der Waals surface area contributed by atoms with Gasteiger partial charge in [0.2, 0.25) is 0 Å². The van der Waals surface area contributed by atoms with E-state index in [-0.39, 0.29) is 0 Å². The van der Waals surface area contributed by atoms with Crippen LogP contribution < -0.4 is 0 Å². The lowest BCUT2D eigenvalue weighted by atomic mass is 10.1. The molecule has 4 heteroatoms. The van der Waals surface area contributed by atoms with E-state index in [1.807, 2.05) is 53.2 Å². The normalized spacial score (nSPS) is 11.4. The van der Waals surface area contributed by atoms with Crippen molar-refractivity contribution in [1.82, 2.24) is 19.3 Å². The van der Waals surface area contributed by atoms with E-state index in [1.54, 1.807) is 0 Å². The van der Waals surface area contributed by atoms with Crippen LogP contribution >= 0.6 is 0 Å². The van der Waals surface area contributed by atoms with Gasteiger partial charge < -0.3 is 4.57 Å². The highest BCUT2D eigenvalue weighted by molar-refractivity contribution is 6.09. The van der Waals surface area contributed by atoms with Crippen molar-refractivity contribution < 1.29 is 0 Å². The van der Waals surface area contributed by atoms with Crippen LogP contribution in [0.2, 0.25) is 0 Å². The lowest BCUT2D eigenvalue weighted by molar-refractivity contribution is 0.889. The molecule has 2 aromatic heterocycles. The van der Waals surface area contributed by atoms with E-state index in [0.717, 1.165) is 28.3 Å². The van der Waals surface area contributed by atoms with E-state index in [2.05, 4.69) is 91.2 Å². The molecule has 0 aliphatic heterocycles. The number of aryl methyl sites for hydroxylation is 2. The van der Waals surface area contributed by atoms with Crippen molar-refractivity contribution in [2.75, 3.05) is 0 Å². The predicted octanol–water partition coefficient (Wildman–Crippen LogP) is 8.32. The SMILES string of the molecule is Cc1ccc2c(c1)c1cc(C)ccc1n2-c1ccc(-n2nc(-c3ccccc3)nc2-c2ccccc2)cc1. The molecule has 0 N–H and O–H groups in total. The van der Waals surface area contributed by atoms with Crippen LogP contribution in [0.15, 0.2) is 121 Å². The Balaban J connectivity index is 1.38. The number of fused-ring (bicyclic) bond motifs is 3. The van der Waals surface area contributed by atoms with Crippen LogP contribution in [0.4, 0.5) is 0 Å². The maximum Gasteiger partial charge on any atom is 0.182 e. The van der Waals surface area contributed by atoms with Gasteiger partial charge >= 0.3 is 0 Å². The van der Waals surface area contributed by atoms with Gasteiger partial charge in [-0.2, -0.15) is 0 Å². The van der Waals surface area contributed by atoms with Crippen molar-refractivity contribution in [3.63, 3.8) is 0 Å². The third-order valence-electron chi connectivity index (χ3n) is 7.10. The first-order chi connectivity index (χ1) is 18.7. The van der Waals surface area contributed by atoms with E-state index < -0.39 is 0 Å².